The number of unbranched alkanes of at least 4 members (excludes halogenated alkanes) is 6. The summed E-state index contributed by atoms with van der Waals surface area (Å²) in [4.78, 5) is 38.7. The van der Waals surface area contributed by atoms with Gasteiger partial charge in [-0.3, -0.25) is 0 Å². The van der Waals surface area contributed by atoms with Crippen molar-refractivity contribution in [2.75, 3.05) is 0 Å². The minimum Gasteiger partial charge on any atom is -0.478 e. The van der Waals surface area contributed by atoms with Gasteiger partial charge in [0.25, 0.3) is 0 Å². The zero-order valence-electron chi connectivity index (χ0n) is 31.0. The summed E-state index contributed by atoms with van der Waals surface area (Å²) in [7, 11) is 0. The Bertz CT molecular complexity index is 2350. The summed E-state index contributed by atoms with van der Waals surface area (Å²) < 4.78 is 0. The van der Waals surface area contributed by atoms with Gasteiger partial charge in [0.15, 0.2) is 0 Å². The number of carbonyl (C=O) groups is 2. The van der Waals surface area contributed by atoms with E-state index in [9.17, 15) is 19.8 Å². The Kier molecular flexibility index (Phi) is 11.0. The number of nitrogens with one attached hydrogen (secondary N) is 4. The van der Waals surface area contributed by atoms with Gasteiger partial charge in [-0.2, -0.15) is 0 Å². The highest BCUT2D eigenvalue weighted by atomic mass is 16.4. The van der Waals surface area contributed by atoms with Crippen LogP contribution in [0.1, 0.15) is 133 Å². The first-order chi connectivity index (χ1) is 26.3. The monoisotopic (exact) mass is 720 g/mol. The van der Waals surface area contributed by atoms with E-state index in [0.29, 0.717) is 0 Å². The second-order valence-electron chi connectivity index (χ2n) is 14.2. The van der Waals surface area contributed by atoms with Gasteiger partial charge in [0.1, 0.15) is 0 Å². The minimum absolute atomic E-state index is 0.224. The van der Waals surface area contributed by atoms with E-state index in [0.717, 1.165) is 105 Å². The number of rotatable bonds is 14. The number of fused-ring (bicyclic) bond motifs is 8. The Labute approximate surface area is 314 Å². The van der Waals surface area contributed by atoms with Crippen LogP contribution in [0.2, 0.25) is 0 Å². The van der Waals surface area contributed by atoms with Gasteiger partial charge >= 0.3 is 11.9 Å². The number of aromatic amines is 4. The number of carboxylic acid groups (broad SMARTS) is 2. The molecule has 0 radical (unpaired) electrons. The molecule has 0 aliphatic carbocycles. The number of carboxylic acids is 2. The van der Waals surface area contributed by atoms with Crippen molar-refractivity contribution in [3.05, 3.63) is 163 Å². The van der Waals surface area contributed by atoms with Crippen LogP contribution < -0.4 is 21.4 Å². The van der Waals surface area contributed by atoms with Gasteiger partial charge in [0, 0.05) is 55.3 Å². The van der Waals surface area contributed by atoms with Crippen molar-refractivity contribution < 1.29 is 19.8 Å². The largest absolute Gasteiger partial charge is 0.478 e. The maximum absolute atomic E-state index is 11.8. The highest BCUT2D eigenvalue weighted by Crippen LogP contribution is 2.27. The van der Waals surface area contributed by atoms with E-state index in [1.165, 1.54) is 36.8 Å². The second kappa shape index (κ2) is 16.3. The molecule has 7 rings (SSSR count). The molecule has 0 saturated carbocycles. The molecule has 8 heteroatoms. The predicted octanol–water partition coefficient (Wildman–Crippen LogP) is 7.54. The van der Waals surface area contributed by atoms with Crippen LogP contribution in [-0.4, -0.2) is 42.1 Å². The number of H-pyrrole nitrogens is 4. The summed E-state index contributed by atoms with van der Waals surface area (Å²) >= 11 is 0. The van der Waals surface area contributed by atoms with Gasteiger partial charge in [0.2, 0.25) is 0 Å². The normalized spacial score (nSPS) is 12.8. The summed E-state index contributed by atoms with van der Waals surface area (Å²) in [6, 6.07) is 31.1. The summed E-state index contributed by atoms with van der Waals surface area (Å²) in [5.74, 6) is -1.94. The molecule has 2 aromatic carbocycles. The van der Waals surface area contributed by atoms with Crippen molar-refractivity contribution >= 4 is 34.2 Å². The lowest BCUT2D eigenvalue weighted by Gasteiger charge is -2.10. The van der Waals surface area contributed by atoms with Gasteiger partial charge < -0.3 is 30.1 Å². The van der Waals surface area contributed by atoms with Gasteiger partial charge in [-0.25, -0.2) is 9.59 Å². The predicted molar refractivity (Wildman–Crippen MR) is 214 cm³/mol. The maximum Gasteiger partial charge on any atom is 0.335 e. The number of benzene rings is 2. The first-order valence-electron chi connectivity index (χ1n) is 19.3. The fourth-order valence-electron chi connectivity index (χ4n) is 7.62. The highest BCUT2D eigenvalue weighted by molar-refractivity contribution is 5.90. The van der Waals surface area contributed by atoms with Crippen molar-refractivity contribution in [1.29, 1.82) is 0 Å². The van der Waals surface area contributed by atoms with Gasteiger partial charge in [-0.15, -0.1) is 0 Å². The van der Waals surface area contributed by atoms with E-state index in [4.69, 9.17) is 0 Å². The van der Waals surface area contributed by atoms with Crippen molar-refractivity contribution in [3.63, 3.8) is 0 Å². The van der Waals surface area contributed by atoms with E-state index < -0.39 is 11.9 Å². The molecular weight excluding hydrogens is 673 g/mol. The summed E-state index contributed by atoms with van der Waals surface area (Å²) in [6.45, 7) is 4.47. The average molecular weight is 721 g/mol. The van der Waals surface area contributed by atoms with Crippen LogP contribution in [-0.2, 0) is 0 Å². The molecule has 276 valence electrons. The van der Waals surface area contributed by atoms with E-state index in [2.05, 4.69) is 82.3 Å². The fourth-order valence-corrected chi connectivity index (χ4v) is 7.62. The quantitative estimate of drug-likeness (QED) is 0.0648. The standard InChI is InChI=1S/C46H48N4O4/c1-3-5-7-9-11-33-35-21-22-36(47-35)34(12-10-8-6-4-2)38-24-26-40(49-38)44(30-15-19-32(20-16-30)46(53)54)42-28-27-41(50-42)43(39-25-23-37(33)48-39)29-13-17-31(18-14-29)45(51)52/h13-28,47-50H,3-12H2,1-2H3,(H,51,52)(H,53,54). The van der Waals surface area contributed by atoms with Crippen LogP contribution in [0, 0.1) is 0 Å². The maximum atomic E-state index is 11.8. The third kappa shape index (κ3) is 7.69. The molecular formula is C46H48N4O4. The van der Waals surface area contributed by atoms with Crippen LogP contribution in [0.5, 0.6) is 0 Å². The minimum atomic E-state index is -0.971. The van der Waals surface area contributed by atoms with Crippen molar-refractivity contribution in [2.24, 2.45) is 0 Å². The molecule has 0 atom stereocenters. The third-order valence-corrected chi connectivity index (χ3v) is 10.5. The smallest absolute Gasteiger partial charge is 0.335 e. The zero-order valence-corrected chi connectivity index (χ0v) is 31.0. The molecule has 8 nitrogen and oxygen atoms in total. The van der Waals surface area contributed by atoms with E-state index in [1.807, 2.05) is 24.3 Å². The second-order valence-corrected chi connectivity index (χ2v) is 14.2. The fraction of sp³-hybridized carbons (Fsp3) is 0.261. The Hall–Kier alpha value is -6.02. The molecule has 5 heterocycles. The first-order valence-corrected chi connectivity index (χ1v) is 19.3. The van der Waals surface area contributed by atoms with Gasteiger partial charge in [-0.1, -0.05) is 76.6 Å². The van der Waals surface area contributed by atoms with Crippen LogP contribution >= 0.6 is 0 Å². The number of aromatic nitrogens is 4. The van der Waals surface area contributed by atoms with Crippen molar-refractivity contribution in [1.82, 2.24) is 19.9 Å². The van der Waals surface area contributed by atoms with E-state index in [-0.39, 0.29) is 11.1 Å². The Morgan fingerprint density at radius 2 is 0.796 bits per heavy atom. The topological polar surface area (TPSA) is 138 Å². The van der Waals surface area contributed by atoms with Crippen molar-refractivity contribution in [3.8, 4) is 0 Å². The Balaban J connectivity index is 1.52. The van der Waals surface area contributed by atoms with Gasteiger partial charge in [-0.05, 0) is 121 Å². The highest BCUT2D eigenvalue weighted by Gasteiger charge is 2.18. The lowest BCUT2D eigenvalue weighted by atomic mass is 10.0. The van der Waals surface area contributed by atoms with Crippen LogP contribution in [0.15, 0.2) is 97.1 Å². The van der Waals surface area contributed by atoms with Gasteiger partial charge in [0.05, 0.1) is 11.1 Å². The Morgan fingerprint density at radius 3 is 1.19 bits per heavy atom. The number of hydrogen-bond donors (Lipinski definition) is 6. The zero-order chi connectivity index (χ0) is 37.6. The lowest BCUT2D eigenvalue weighted by Crippen LogP contribution is -2.18. The molecule has 0 fully saturated rings. The molecule has 4 aromatic heterocycles. The molecule has 0 unspecified atom stereocenters. The molecule has 8 bridgehead atoms. The van der Waals surface area contributed by atoms with E-state index >= 15 is 0 Å². The van der Waals surface area contributed by atoms with Crippen LogP contribution in [0.4, 0.5) is 0 Å². The summed E-state index contributed by atoms with van der Waals surface area (Å²) in [6.07, 6.45) is 11.1. The van der Waals surface area contributed by atoms with Crippen LogP contribution in [0.25, 0.3) is 22.3 Å². The molecule has 0 spiro atoms. The molecule has 0 amide bonds. The lowest BCUT2D eigenvalue weighted by molar-refractivity contribution is 0.0686. The summed E-state index contributed by atoms with van der Waals surface area (Å²) in [5, 5.41) is 23.2. The Morgan fingerprint density at radius 1 is 0.426 bits per heavy atom. The summed E-state index contributed by atoms with van der Waals surface area (Å²) in [5.41, 5.74) is 10.4. The molecule has 6 aromatic rings. The SMILES string of the molecule is CCCCCCC1=c2ccc([nH]2)=C(c2ccc(C(=O)O)cc2)c2ccc([nH]2)C(c2ccc(C(=O)O)cc2)=c2ccc([nH]2)=C(CCCCCC)c2ccc1[nH]2. The average Bonchev–Trinajstić information content (AvgIpc) is 4.02. The number of hydrogen-bond acceptors (Lipinski definition) is 2. The third-order valence-electron chi connectivity index (χ3n) is 10.5. The van der Waals surface area contributed by atoms with E-state index in [1.54, 1.807) is 24.3 Å². The van der Waals surface area contributed by atoms with Crippen molar-refractivity contribution in [2.45, 2.75) is 78.1 Å². The molecule has 1 aliphatic rings. The molecule has 0 saturated heterocycles. The molecule has 1 aliphatic heterocycles. The molecule has 54 heavy (non-hydrogen) atoms. The first kappa shape index (κ1) is 36.3. The molecule has 6 N–H and O–H groups in total. The van der Waals surface area contributed by atoms with Crippen LogP contribution in [0.3, 0.4) is 0 Å². The number of aromatic carboxylic acids is 2.